The summed E-state index contributed by atoms with van der Waals surface area (Å²) in [5, 5.41) is 3.27. The van der Waals surface area contributed by atoms with E-state index in [4.69, 9.17) is 11.6 Å². The Morgan fingerprint density at radius 2 is 1.59 bits per heavy atom. The first-order valence-corrected chi connectivity index (χ1v) is 10.5. The number of alkyl halides is 3. The first-order chi connectivity index (χ1) is 15.2. The van der Waals surface area contributed by atoms with Crippen LogP contribution < -0.4 is 10.1 Å². The topological polar surface area (TPSA) is 61.9 Å². The molecule has 10 heteroatoms. The molecule has 0 radical (unpaired) electrons. The van der Waals surface area contributed by atoms with Gasteiger partial charge in [-0.2, -0.15) is 0 Å². The van der Waals surface area contributed by atoms with Gasteiger partial charge in [0.25, 0.3) is 5.91 Å². The molecule has 1 fully saturated rings. The van der Waals surface area contributed by atoms with Gasteiger partial charge in [0.2, 0.25) is 5.91 Å². The SMILES string of the molecule is O=C(NCCC(=O)N1CCN(Cc2ccc(OC(F)(F)F)cc2)CC1)c1ccc(Cl)cc1. The lowest BCUT2D eigenvalue weighted by molar-refractivity contribution is -0.274. The lowest BCUT2D eigenvalue weighted by Crippen LogP contribution is -2.48. The lowest BCUT2D eigenvalue weighted by Gasteiger charge is -2.34. The van der Waals surface area contributed by atoms with Crippen LogP contribution in [0.3, 0.4) is 0 Å². The first-order valence-electron chi connectivity index (χ1n) is 10.1. The van der Waals surface area contributed by atoms with Crippen LogP contribution in [0.25, 0.3) is 0 Å². The summed E-state index contributed by atoms with van der Waals surface area (Å²) < 4.78 is 40.6. The van der Waals surface area contributed by atoms with Gasteiger partial charge in [-0.1, -0.05) is 23.7 Å². The number of nitrogens with one attached hydrogen (secondary N) is 1. The third-order valence-corrected chi connectivity index (χ3v) is 5.27. The van der Waals surface area contributed by atoms with Crippen molar-refractivity contribution in [2.75, 3.05) is 32.7 Å². The van der Waals surface area contributed by atoms with E-state index in [9.17, 15) is 22.8 Å². The molecule has 0 spiro atoms. The van der Waals surface area contributed by atoms with Crippen molar-refractivity contribution >= 4 is 23.4 Å². The Balaban J connectivity index is 1.37. The van der Waals surface area contributed by atoms with Crippen LogP contribution in [0.5, 0.6) is 5.75 Å². The van der Waals surface area contributed by atoms with Crippen molar-refractivity contribution in [3.63, 3.8) is 0 Å². The largest absolute Gasteiger partial charge is 0.573 e. The molecule has 1 aliphatic heterocycles. The first kappa shape index (κ1) is 23.9. The number of piperazine rings is 1. The van der Waals surface area contributed by atoms with E-state index in [1.54, 1.807) is 41.3 Å². The summed E-state index contributed by atoms with van der Waals surface area (Å²) in [4.78, 5) is 28.4. The molecular weight excluding hydrogens is 447 g/mol. The highest BCUT2D eigenvalue weighted by molar-refractivity contribution is 6.30. The van der Waals surface area contributed by atoms with Gasteiger partial charge in [0.05, 0.1) is 0 Å². The van der Waals surface area contributed by atoms with E-state index in [-0.39, 0.29) is 30.5 Å². The number of hydrogen-bond acceptors (Lipinski definition) is 4. The fourth-order valence-electron chi connectivity index (χ4n) is 3.35. The molecule has 1 saturated heterocycles. The fraction of sp³-hybridized carbons (Fsp3) is 0.364. The molecule has 32 heavy (non-hydrogen) atoms. The molecule has 2 amide bonds. The van der Waals surface area contributed by atoms with Crippen LogP contribution >= 0.6 is 11.6 Å². The fourth-order valence-corrected chi connectivity index (χ4v) is 3.48. The predicted octanol–water partition coefficient (Wildman–Crippen LogP) is 3.70. The standard InChI is InChI=1S/C22H23ClF3N3O3/c23-18-5-3-17(4-6-18)21(31)27-10-9-20(30)29-13-11-28(12-14-29)15-16-1-7-19(8-2-16)32-22(24,25)26/h1-8H,9-15H2,(H,27,31). The number of hydrogen-bond donors (Lipinski definition) is 1. The maximum absolute atomic E-state index is 12.4. The zero-order valence-electron chi connectivity index (χ0n) is 17.2. The number of rotatable bonds is 7. The molecule has 0 aromatic heterocycles. The number of amides is 2. The lowest BCUT2D eigenvalue weighted by atomic mass is 10.2. The molecule has 0 atom stereocenters. The minimum Gasteiger partial charge on any atom is -0.406 e. The van der Waals surface area contributed by atoms with E-state index in [1.807, 2.05) is 0 Å². The molecule has 2 aromatic carbocycles. The van der Waals surface area contributed by atoms with Crippen LogP contribution in [-0.2, 0) is 11.3 Å². The Labute approximate surface area is 188 Å². The normalized spacial score (nSPS) is 14.8. The van der Waals surface area contributed by atoms with Crippen molar-refractivity contribution < 1.29 is 27.5 Å². The van der Waals surface area contributed by atoms with Gasteiger partial charge >= 0.3 is 6.36 Å². The Morgan fingerprint density at radius 1 is 0.969 bits per heavy atom. The van der Waals surface area contributed by atoms with Gasteiger partial charge in [-0.15, -0.1) is 13.2 Å². The summed E-state index contributed by atoms with van der Waals surface area (Å²) in [6, 6.07) is 12.3. The highest BCUT2D eigenvalue weighted by atomic mass is 35.5. The van der Waals surface area contributed by atoms with Crippen LogP contribution in [0.15, 0.2) is 48.5 Å². The Morgan fingerprint density at radius 3 is 2.19 bits per heavy atom. The summed E-state index contributed by atoms with van der Waals surface area (Å²) in [5.41, 5.74) is 1.35. The second-order valence-corrected chi connectivity index (χ2v) is 7.80. The number of carbonyl (C=O) groups excluding carboxylic acids is 2. The predicted molar refractivity (Wildman–Crippen MR) is 113 cm³/mol. The van der Waals surface area contributed by atoms with Crippen LogP contribution in [0.1, 0.15) is 22.3 Å². The molecule has 3 rings (SSSR count). The van der Waals surface area contributed by atoms with Gasteiger partial charge in [-0.05, 0) is 42.0 Å². The monoisotopic (exact) mass is 469 g/mol. The van der Waals surface area contributed by atoms with E-state index in [2.05, 4.69) is 15.0 Å². The Hall–Kier alpha value is -2.78. The molecule has 2 aromatic rings. The van der Waals surface area contributed by atoms with Gasteiger partial charge in [0.1, 0.15) is 5.75 Å². The molecule has 0 bridgehead atoms. The number of carbonyl (C=O) groups is 2. The van der Waals surface area contributed by atoms with Crippen molar-refractivity contribution in [3.05, 3.63) is 64.7 Å². The van der Waals surface area contributed by atoms with Gasteiger partial charge in [-0.25, -0.2) is 0 Å². The summed E-state index contributed by atoms with van der Waals surface area (Å²) in [6.45, 7) is 3.24. The molecule has 1 N–H and O–H groups in total. The van der Waals surface area contributed by atoms with Gasteiger partial charge in [0.15, 0.2) is 0 Å². The molecule has 1 heterocycles. The third-order valence-electron chi connectivity index (χ3n) is 5.02. The minimum atomic E-state index is -4.71. The highest BCUT2D eigenvalue weighted by Gasteiger charge is 2.31. The molecule has 0 aliphatic carbocycles. The van der Waals surface area contributed by atoms with Crippen molar-refractivity contribution in [2.24, 2.45) is 0 Å². The minimum absolute atomic E-state index is 0.0327. The van der Waals surface area contributed by atoms with Crippen molar-refractivity contribution in [3.8, 4) is 5.75 Å². The van der Waals surface area contributed by atoms with E-state index < -0.39 is 6.36 Å². The molecule has 6 nitrogen and oxygen atoms in total. The van der Waals surface area contributed by atoms with Gasteiger partial charge in [0, 0.05) is 56.3 Å². The molecule has 0 unspecified atom stereocenters. The van der Waals surface area contributed by atoms with Crippen LogP contribution in [0, 0.1) is 0 Å². The average molecular weight is 470 g/mol. The number of ether oxygens (including phenoxy) is 1. The summed E-state index contributed by atoms with van der Waals surface area (Å²) in [5.74, 6) is -0.541. The molecule has 1 aliphatic rings. The Bertz CT molecular complexity index is 913. The quantitative estimate of drug-likeness (QED) is 0.671. The van der Waals surface area contributed by atoms with Crippen molar-refractivity contribution in [1.82, 2.24) is 15.1 Å². The summed E-state index contributed by atoms with van der Waals surface area (Å²) in [7, 11) is 0. The molecule has 172 valence electrons. The van der Waals surface area contributed by atoms with E-state index in [0.29, 0.717) is 43.3 Å². The second kappa shape index (κ2) is 10.7. The van der Waals surface area contributed by atoms with E-state index in [1.165, 1.54) is 12.1 Å². The van der Waals surface area contributed by atoms with E-state index >= 15 is 0 Å². The van der Waals surface area contributed by atoms with Crippen molar-refractivity contribution in [2.45, 2.75) is 19.3 Å². The third kappa shape index (κ3) is 7.42. The maximum Gasteiger partial charge on any atom is 0.573 e. The number of halogens is 4. The number of nitrogens with zero attached hydrogens (tertiary/aromatic N) is 2. The molecule has 0 saturated carbocycles. The van der Waals surface area contributed by atoms with Gasteiger partial charge < -0.3 is 15.0 Å². The molecular formula is C22H23ClF3N3O3. The second-order valence-electron chi connectivity index (χ2n) is 7.36. The Kier molecular flexibility index (Phi) is 7.98. The van der Waals surface area contributed by atoms with Crippen LogP contribution in [0.2, 0.25) is 5.02 Å². The van der Waals surface area contributed by atoms with Crippen LogP contribution in [-0.4, -0.2) is 60.7 Å². The summed E-state index contributed by atoms with van der Waals surface area (Å²) >= 11 is 5.80. The number of benzene rings is 2. The average Bonchev–Trinajstić information content (AvgIpc) is 2.75. The summed E-state index contributed by atoms with van der Waals surface area (Å²) in [6.07, 6.45) is -4.50. The van der Waals surface area contributed by atoms with Gasteiger partial charge in [-0.3, -0.25) is 14.5 Å². The zero-order chi connectivity index (χ0) is 23.1. The smallest absolute Gasteiger partial charge is 0.406 e. The zero-order valence-corrected chi connectivity index (χ0v) is 18.0. The maximum atomic E-state index is 12.4. The van der Waals surface area contributed by atoms with Crippen LogP contribution in [0.4, 0.5) is 13.2 Å². The highest BCUT2D eigenvalue weighted by Crippen LogP contribution is 2.23. The van der Waals surface area contributed by atoms with Crippen molar-refractivity contribution in [1.29, 1.82) is 0 Å². The van der Waals surface area contributed by atoms with E-state index in [0.717, 1.165) is 5.56 Å².